The first kappa shape index (κ1) is 16.0. The quantitative estimate of drug-likeness (QED) is 0.903. The SMILES string of the molecule is CS(=O)(=O)NC1CCOC2(CCN(Cc3ccco3)CC2)C1. The van der Waals surface area contributed by atoms with Crippen LogP contribution in [0.4, 0.5) is 0 Å². The largest absolute Gasteiger partial charge is 0.468 e. The fourth-order valence-electron chi connectivity index (χ4n) is 3.52. The molecular formula is C15H24N2O4S. The van der Waals surface area contributed by atoms with Crippen LogP contribution in [0, 0.1) is 0 Å². The minimum Gasteiger partial charge on any atom is -0.468 e. The summed E-state index contributed by atoms with van der Waals surface area (Å²) in [6.07, 6.45) is 6.33. The molecule has 0 aliphatic carbocycles. The number of nitrogens with one attached hydrogen (secondary N) is 1. The monoisotopic (exact) mass is 328 g/mol. The molecule has 2 aliphatic rings. The van der Waals surface area contributed by atoms with Crippen LogP contribution in [0.5, 0.6) is 0 Å². The zero-order chi connectivity index (χ0) is 15.6. The Balaban J connectivity index is 1.54. The van der Waals surface area contributed by atoms with Gasteiger partial charge in [-0.1, -0.05) is 0 Å². The van der Waals surface area contributed by atoms with Gasteiger partial charge < -0.3 is 9.15 Å². The molecule has 1 spiro atoms. The first-order valence-electron chi connectivity index (χ1n) is 7.80. The van der Waals surface area contributed by atoms with Crippen LogP contribution in [0.15, 0.2) is 22.8 Å². The summed E-state index contributed by atoms with van der Waals surface area (Å²) in [5.74, 6) is 0.983. The van der Waals surface area contributed by atoms with E-state index in [0.29, 0.717) is 6.61 Å². The third-order valence-corrected chi connectivity index (χ3v) is 5.36. The fourth-order valence-corrected chi connectivity index (χ4v) is 4.33. The zero-order valence-electron chi connectivity index (χ0n) is 13.0. The van der Waals surface area contributed by atoms with Crippen LogP contribution >= 0.6 is 0 Å². The van der Waals surface area contributed by atoms with E-state index in [9.17, 15) is 8.42 Å². The second kappa shape index (κ2) is 6.31. The Morgan fingerprint density at radius 3 is 2.82 bits per heavy atom. The van der Waals surface area contributed by atoms with Crippen molar-refractivity contribution in [2.75, 3.05) is 26.0 Å². The summed E-state index contributed by atoms with van der Waals surface area (Å²) in [5, 5.41) is 0. The lowest BCUT2D eigenvalue weighted by Gasteiger charge is -2.46. The van der Waals surface area contributed by atoms with Gasteiger partial charge in [-0.3, -0.25) is 4.90 Å². The highest BCUT2D eigenvalue weighted by Gasteiger charge is 2.40. The third kappa shape index (κ3) is 4.10. The molecule has 1 unspecified atom stereocenters. The number of ether oxygens (including phenoxy) is 1. The second-order valence-electron chi connectivity index (χ2n) is 6.47. The molecule has 2 aliphatic heterocycles. The zero-order valence-corrected chi connectivity index (χ0v) is 13.8. The van der Waals surface area contributed by atoms with Crippen LogP contribution in [-0.2, 0) is 21.3 Å². The summed E-state index contributed by atoms with van der Waals surface area (Å²) < 4.78 is 37.0. The molecule has 1 aromatic heterocycles. The molecule has 1 aromatic rings. The summed E-state index contributed by atoms with van der Waals surface area (Å²) in [5.41, 5.74) is -0.166. The van der Waals surface area contributed by atoms with E-state index in [1.54, 1.807) is 6.26 Å². The number of nitrogens with zero attached hydrogens (tertiary/aromatic N) is 1. The summed E-state index contributed by atoms with van der Waals surface area (Å²) in [4.78, 5) is 2.36. The number of sulfonamides is 1. The average Bonchev–Trinajstić information content (AvgIpc) is 2.93. The Labute approximate surface area is 131 Å². The smallest absolute Gasteiger partial charge is 0.208 e. The minimum atomic E-state index is -3.15. The average molecular weight is 328 g/mol. The van der Waals surface area contributed by atoms with Gasteiger partial charge in [0.1, 0.15) is 5.76 Å². The topological polar surface area (TPSA) is 71.8 Å². The van der Waals surface area contributed by atoms with Crippen molar-refractivity contribution in [1.29, 1.82) is 0 Å². The van der Waals surface area contributed by atoms with E-state index in [-0.39, 0.29) is 11.6 Å². The number of furan rings is 1. The Morgan fingerprint density at radius 1 is 1.41 bits per heavy atom. The Hall–Kier alpha value is -0.890. The molecule has 124 valence electrons. The van der Waals surface area contributed by atoms with Crippen LogP contribution in [0.3, 0.4) is 0 Å². The van der Waals surface area contributed by atoms with Crippen molar-refractivity contribution in [1.82, 2.24) is 9.62 Å². The van der Waals surface area contributed by atoms with Gasteiger partial charge in [-0.15, -0.1) is 0 Å². The van der Waals surface area contributed by atoms with Crippen molar-refractivity contribution in [3.63, 3.8) is 0 Å². The molecule has 0 aromatic carbocycles. The van der Waals surface area contributed by atoms with E-state index in [2.05, 4.69) is 9.62 Å². The number of rotatable bonds is 4. The van der Waals surface area contributed by atoms with E-state index in [0.717, 1.165) is 51.1 Å². The standard InChI is InChI=1S/C15H24N2O4S/c1-22(18,19)16-13-4-10-21-15(11-13)5-7-17(8-6-15)12-14-3-2-9-20-14/h2-3,9,13,16H,4-8,10-12H2,1H3. The van der Waals surface area contributed by atoms with Gasteiger partial charge >= 0.3 is 0 Å². The molecule has 2 fully saturated rings. The van der Waals surface area contributed by atoms with Crippen molar-refractivity contribution in [2.45, 2.75) is 43.9 Å². The number of likely N-dealkylation sites (tertiary alicyclic amines) is 1. The van der Waals surface area contributed by atoms with E-state index in [4.69, 9.17) is 9.15 Å². The number of hydrogen-bond donors (Lipinski definition) is 1. The van der Waals surface area contributed by atoms with Gasteiger partial charge in [0.25, 0.3) is 0 Å². The van der Waals surface area contributed by atoms with Gasteiger partial charge in [-0.25, -0.2) is 13.1 Å². The molecule has 7 heteroatoms. The maximum atomic E-state index is 11.4. The minimum absolute atomic E-state index is 0.000346. The Bertz CT molecular complexity index is 577. The van der Waals surface area contributed by atoms with E-state index in [1.807, 2.05) is 12.1 Å². The molecule has 22 heavy (non-hydrogen) atoms. The van der Waals surface area contributed by atoms with E-state index < -0.39 is 10.0 Å². The van der Waals surface area contributed by atoms with Crippen LogP contribution in [-0.4, -0.2) is 50.9 Å². The number of piperidine rings is 1. The van der Waals surface area contributed by atoms with Crippen LogP contribution in [0.2, 0.25) is 0 Å². The van der Waals surface area contributed by atoms with E-state index >= 15 is 0 Å². The summed E-state index contributed by atoms with van der Waals surface area (Å²) in [6.45, 7) is 3.36. The second-order valence-corrected chi connectivity index (χ2v) is 8.25. The molecular weight excluding hydrogens is 304 g/mol. The molecule has 3 heterocycles. The van der Waals surface area contributed by atoms with Crippen LogP contribution in [0.1, 0.15) is 31.4 Å². The van der Waals surface area contributed by atoms with Crippen molar-refractivity contribution < 1.29 is 17.6 Å². The van der Waals surface area contributed by atoms with Gasteiger partial charge in [-0.2, -0.15) is 0 Å². The maximum Gasteiger partial charge on any atom is 0.208 e. The molecule has 0 bridgehead atoms. The van der Waals surface area contributed by atoms with E-state index in [1.165, 1.54) is 6.26 Å². The highest BCUT2D eigenvalue weighted by Crippen LogP contribution is 2.35. The lowest BCUT2D eigenvalue weighted by Crippen LogP contribution is -2.53. The van der Waals surface area contributed by atoms with Crippen LogP contribution < -0.4 is 4.72 Å². The van der Waals surface area contributed by atoms with Crippen molar-refractivity contribution in [3.8, 4) is 0 Å². The molecule has 0 radical (unpaired) electrons. The molecule has 3 rings (SSSR count). The first-order chi connectivity index (χ1) is 10.4. The fraction of sp³-hybridized carbons (Fsp3) is 0.733. The number of hydrogen-bond acceptors (Lipinski definition) is 5. The maximum absolute atomic E-state index is 11.4. The summed E-state index contributed by atoms with van der Waals surface area (Å²) in [7, 11) is -3.15. The lowest BCUT2D eigenvalue weighted by molar-refractivity contribution is -0.118. The predicted octanol–water partition coefficient (Wildman–Crippen LogP) is 1.34. The molecule has 1 N–H and O–H groups in total. The lowest BCUT2D eigenvalue weighted by atomic mass is 9.82. The van der Waals surface area contributed by atoms with Crippen LogP contribution in [0.25, 0.3) is 0 Å². The first-order valence-corrected chi connectivity index (χ1v) is 9.69. The predicted molar refractivity (Wildman–Crippen MR) is 82.9 cm³/mol. The Morgan fingerprint density at radius 2 is 2.18 bits per heavy atom. The Kier molecular flexibility index (Phi) is 4.59. The third-order valence-electron chi connectivity index (χ3n) is 4.60. The van der Waals surface area contributed by atoms with Gasteiger partial charge in [-0.05, 0) is 37.8 Å². The van der Waals surface area contributed by atoms with Gasteiger partial charge in [0, 0.05) is 25.7 Å². The molecule has 1 atom stereocenters. The van der Waals surface area contributed by atoms with Gasteiger partial charge in [0.2, 0.25) is 10.0 Å². The van der Waals surface area contributed by atoms with Crippen molar-refractivity contribution in [2.24, 2.45) is 0 Å². The highest BCUT2D eigenvalue weighted by molar-refractivity contribution is 7.88. The molecule has 2 saturated heterocycles. The molecule has 6 nitrogen and oxygen atoms in total. The highest BCUT2D eigenvalue weighted by atomic mass is 32.2. The molecule has 0 amide bonds. The summed E-state index contributed by atoms with van der Waals surface area (Å²) >= 11 is 0. The molecule has 0 saturated carbocycles. The van der Waals surface area contributed by atoms with Gasteiger partial charge in [0.05, 0.1) is 24.7 Å². The summed E-state index contributed by atoms with van der Waals surface area (Å²) in [6, 6.07) is 3.90. The van der Waals surface area contributed by atoms with Crippen molar-refractivity contribution in [3.05, 3.63) is 24.2 Å². The van der Waals surface area contributed by atoms with Crippen molar-refractivity contribution >= 4 is 10.0 Å². The normalized spacial score (nSPS) is 26.3. The van der Waals surface area contributed by atoms with Gasteiger partial charge in [0.15, 0.2) is 0 Å².